The van der Waals surface area contributed by atoms with Crippen molar-refractivity contribution in [1.29, 1.82) is 0 Å². The molecule has 1 unspecified atom stereocenters. The Hall–Kier alpha value is -1.34. The molecule has 15 heavy (non-hydrogen) atoms. The van der Waals surface area contributed by atoms with Crippen LogP contribution in [0.3, 0.4) is 0 Å². The number of hydrogen-bond acceptors (Lipinski definition) is 5. The van der Waals surface area contributed by atoms with Crippen LogP contribution in [-0.2, 0) is 10.0 Å². The molecule has 0 radical (unpaired) electrons. The Kier molecular flexibility index (Phi) is 1.92. The molecule has 2 rings (SSSR count). The molecule has 0 aromatic heterocycles. The van der Waals surface area contributed by atoms with Crippen LogP contribution in [-0.4, -0.2) is 26.0 Å². The second-order valence-corrected chi connectivity index (χ2v) is 5.57. The largest absolute Gasteiger partial charge is 0.396 e. The van der Waals surface area contributed by atoms with E-state index in [0.29, 0.717) is 11.3 Å². The van der Waals surface area contributed by atoms with Gasteiger partial charge in [-0.25, -0.2) is 8.42 Å². The molecule has 2 aliphatic rings. The van der Waals surface area contributed by atoms with Gasteiger partial charge in [0.15, 0.2) is 0 Å². The Labute approximate surface area is 87.8 Å². The second-order valence-electron chi connectivity index (χ2n) is 3.85. The normalized spacial score (nSPS) is 33.1. The highest BCUT2D eigenvalue weighted by molar-refractivity contribution is 7.90. The van der Waals surface area contributed by atoms with Crippen molar-refractivity contribution in [2.45, 2.75) is 12.6 Å². The van der Waals surface area contributed by atoms with Gasteiger partial charge in [-0.15, -0.1) is 0 Å². The van der Waals surface area contributed by atoms with E-state index in [1.807, 2.05) is 0 Å². The van der Waals surface area contributed by atoms with Gasteiger partial charge in [0.2, 0.25) is 10.0 Å². The molecule has 0 spiro atoms. The predicted molar refractivity (Wildman–Crippen MR) is 57.3 cm³/mol. The first-order valence-corrected chi connectivity index (χ1v) is 6.01. The Bertz CT molecular complexity index is 499. The van der Waals surface area contributed by atoms with Crippen molar-refractivity contribution in [3.63, 3.8) is 0 Å². The zero-order valence-corrected chi connectivity index (χ0v) is 9.00. The van der Waals surface area contributed by atoms with Gasteiger partial charge in [-0.05, 0) is 18.6 Å². The van der Waals surface area contributed by atoms with Crippen molar-refractivity contribution in [1.82, 2.24) is 4.72 Å². The van der Waals surface area contributed by atoms with Gasteiger partial charge in [0.05, 0.1) is 17.1 Å². The van der Waals surface area contributed by atoms with Crippen LogP contribution in [0.4, 0.5) is 0 Å². The number of aliphatic imine (C=N–C) groups is 1. The van der Waals surface area contributed by atoms with Gasteiger partial charge in [0.25, 0.3) is 0 Å². The summed E-state index contributed by atoms with van der Waals surface area (Å²) < 4.78 is 25.0. The number of sulfonamides is 1. The third-order valence-corrected chi connectivity index (χ3v) is 3.37. The van der Waals surface area contributed by atoms with Crippen molar-refractivity contribution in [2.75, 3.05) is 5.75 Å². The number of nitrogens with two attached hydrogens (primary N) is 2. The lowest BCUT2D eigenvalue weighted by atomic mass is 10.1. The zero-order chi connectivity index (χ0) is 11.3. The van der Waals surface area contributed by atoms with Crippen molar-refractivity contribution in [3.8, 4) is 0 Å². The van der Waals surface area contributed by atoms with E-state index in [4.69, 9.17) is 11.5 Å². The molecular weight excluding hydrogens is 216 g/mol. The highest BCUT2D eigenvalue weighted by Crippen LogP contribution is 2.25. The maximum absolute atomic E-state index is 11.3. The molecule has 2 heterocycles. The van der Waals surface area contributed by atoms with E-state index in [9.17, 15) is 8.42 Å². The summed E-state index contributed by atoms with van der Waals surface area (Å²) in [6.45, 7) is 1.68. The summed E-state index contributed by atoms with van der Waals surface area (Å²) in [5.41, 5.74) is 11.8. The standard InChI is InChI=1S/C8H12N4O2S/c1-8(10)2-5-4-15(13,14)12-7(5)6(9)3-11-8/h2-3,12H,4,9-10H2,1H3. The third kappa shape index (κ3) is 1.88. The molecule has 1 saturated heterocycles. The number of nitrogens with one attached hydrogen (secondary N) is 1. The fraction of sp³-hybridized carbons (Fsp3) is 0.375. The number of allylic oxidation sites excluding steroid dienone is 2. The van der Waals surface area contributed by atoms with Crippen LogP contribution in [0.2, 0.25) is 0 Å². The van der Waals surface area contributed by atoms with E-state index in [1.165, 1.54) is 6.21 Å². The van der Waals surface area contributed by atoms with E-state index >= 15 is 0 Å². The molecule has 0 aliphatic carbocycles. The summed E-state index contributed by atoms with van der Waals surface area (Å²) in [6.07, 6.45) is 2.99. The average molecular weight is 228 g/mol. The minimum atomic E-state index is -3.30. The summed E-state index contributed by atoms with van der Waals surface area (Å²) in [7, 11) is -3.30. The van der Waals surface area contributed by atoms with Crippen LogP contribution >= 0.6 is 0 Å². The zero-order valence-electron chi connectivity index (χ0n) is 8.19. The van der Waals surface area contributed by atoms with Crippen molar-refractivity contribution in [2.24, 2.45) is 16.5 Å². The minimum absolute atomic E-state index is 0.0980. The van der Waals surface area contributed by atoms with E-state index in [0.717, 1.165) is 0 Å². The fourth-order valence-electron chi connectivity index (χ4n) is 1.56. The number of nitrogens with zero attached hydrogens (tertiary/aromatic N) is 1. The van der Waals surface area contributed by atoms with E-state index in [1.54, 1.807) is 13.0 Å². The molecule has 6 nitrogen and oxygen atoms in total. The van der Waals surface area contributed by atoms with Crippen LogP contribution in [0, 0.1) is 0 Å². The lowest BCUT2D eigenvalue weighted by Gasteiger charge is -2.13. The number of hydrogen-bond donors (Lipinski definition) is 3. The molecule has 1 fully saturated rings. The summed E-state index contributed by atoms with van der Waals surface area (Å²) in [4.78, 5) is 4.03. The number of rotatable bonds is 0. The topological polar surface area (TPSA) is 111 Å². The Morgan fingerprint density at radius 3 is 2.93 bits per heavy atom. The first-order valence-electron chi connectivity index (χ1n) is 4.35. The molecule has 0 aromatic carbocycles. The van der Waals surface area contributed by atoms with Gasteiger partial charge in [0.1, 0.15) is 5.66 Å². The maximum Gasteiger partial charge on any atom is 0.237 e. The first kappa shape index (κ1) is 10.2. The molecule has 0 saturated carbocycles. The third-order valence-electron chi connectivity index (χ3n) is 2.16. The summed E-state index contributed by atoms with van der Waals surface area (Å²) in [5.74, 6) is -0.0980. The van der Waals surface area contributed by atoms with Gasteiger partial charge in [0, 0.05) is 6.21 Å². The van der Waals surface area contributed by atoms with Gasteiger partial charge < -0.3 is 11.5 Å². The minimum Gasteiger partial charge on any atom is -0.396 e. The van der Waals surface area contributed by atoms with Gasteiger partial charge in [-0.3, -0.25) is 9.71 Å². The quantitative estimate of drug-likeness (QED) is 0.482. The summed E-state index contributed by atoms with van der Waals surface area (Å²) >= 11 is 0. The number of fused-ring (bicyclic) bond motifs is 1. The maximum atomic E-state index is 11.3. The molecule has 5 N–H and O–H groups in total. The Balaban J connectivity index is 2.59. The van der Waals surface area contributed by atoms with Gasteiger partial charge in [-0.1, -0.05) is 0 Å². The molecule has 82 valence electrons. The van der Waals surface area contributed by atoms with E-state index in [-0.39, 0.29) is 11.4 Å². The van der Waals surface area contributed by atoms with Gasteiger partial charge in [-0.2, -0.15) is 0 Å². The van der Waals surface area contributed by atoms with Crippen LogP contribution < -0.4 is 16.2 Å². The fourth-order valence-corrected chi connectivity index (χ4v) is 2.82. The van der Waals surface area contributed by atoms with Crippen molar-refractivity contribution in [3.05, 3.63) is 23.0 Å². The van der Waals surface area contributed by atoms with Crippen LogP contribution in [0.15, 0.2) is 28.0 Å². The summed E-state index contributed by atoms with van der Waals surface area (Å²) in [5, 5.41) is 0. The average Bonchev–Trinajstić information content (AvgIpc) is 2.31. The van der Waals surface area contributed by atoms with Crippen LogP contribution in [0.5, 0.6) is 0 Å². The lowest BCUT2D eigenvalue weighted by Crippen LogP contribution is -2.31. The highest BCUT2D eigenvalue weighted by Gasteiger charge is 2.31. The van der Waals surface area contributed by atoms with Gasteiger partial charge >= 0.3 is 0 Å². The molecular formula is C8H12N4O2S. The monoisotopic (exact) mass is 228 g/mol. The highest BCUT2D eigenvalue weighted by atomic mass is 32.2. The molecule has 7 heteroatoms. The molecule has 1 atom stereocenters. The summed E-state index contributed by atoms with van der Waals surface area (Å²) in [6, 6.07) is 0. The smallest absolute Gasteiger partial charge is 0.237 e. The molecule has 2 aliphatic heterocycles. The first-order chi connectivity index (χ1) is 6.79. The SMILES string of the molecule is CC1(N)C=C2CS(=O)(=O)NC2=C(N)C=N1. The molecule has 0 amide bonds. The van der Waals surface area contributed by atoms with Crippen LogP contribution in [0.25, 0.3) is 0 Å². The second kappa shape index (κ2) is 2.83. The molecule has 0 aromatic rings. The van der Waals surface area contributed by atoms with Crippen molar-refractivity contribution >= 4 is 16.2 Å². The molecule has 0 bridgehead atoms. The van der Waals surface area contributed by atoms with E-state index in [2.05, 4.69) is 9.71 Å². The van der Waals surface area contributed by atoms with E-state index < -0.39 is 15.7 Å². The van der Waals surface area contributed by atoms with Crippen LogP contribution in [0.1, 0.15) is 6.92 Å². The Morgan fingerprint density at radius 1 is 1.60 bits per heavy atom. The lowest BCUT2D eigenvalue weighted by molar-refractivity contribution is 0.596. The Morgan fingerprint density at radius 2 is 2.27 bits per heavy atom. The van der Waals surface area contributed by atoms with Crippen molar-refractivity contribution < 1.29 is 8.42 Å². The predicted octanol–water partition coefficient (Wildman–Crippen LogP) is -1.22.